The van der Waals surface area contributed by atoms with Gasteiger partial charge in [0.2, 0.25) is 0 Å². The first-order chi connectivity index (χ1) is 9.61. The molecule has 0 aromatic rings. The molecule has 116 valence electrons. The van der Waals surface area contributed by atoms with Crippen LogP contribution in [0.2, 0.25) is 0 Å². The number of fused-ring (bicyclic) bond motifs is 1. The molecule has 0 spiro atoms. The topological polar surface area (TPSA) is 71.6 Å². The number of thioether (sulfide) groups is 1. The lowest BCUT2D eigenvalue weighted by Gasteiger charge is -2.45. The minimum Gasteiger partial charge on any atom is -1.00 e. The molecule has 0 aromatic carbocycles. The Morgan fingerprint density at radius 1 is 1.48 bits per heavy atom. The van der Waals surface area contributed by atoms with Gasteiger partial charge in [-0.1, -0.05) is 0 Å². The van der Waals surface area contributed by atoms with Crippen molar-refractivity contribution in [3.8, 4) is 0 Å². The number of amides is 1. The minimum absolute atomic E-state index is 0. The number of aliphatic carboxylic acids is 1. The van der Waals surface area contributed by atoms with E-state index in [4.69, 9.17) is 11.6 Å². The van der Waals surface area contributed by atoms with Crippen LogP contribution in [0.25, 0.3) is 0 Å². The molecule has 8 heteroatoms. The Kier molecular flexibility index (Phi) is 5.38. The van der Waals surface area contributed by atoms with Gasteiger partial charge in [-0.3, -0.25) is 9.69 Å². The summed E-state index contributed by atoms with van der Waals surface area (Å²) < 4.78 is 0. The van der Waals surface area contributed by atoms with Crippen LogP contribution >= 0.6 is 23.4 Å². The molecule has 0 radical (unpaired) electrons. The van der Waals surface area contributed by atoms with Crippen LogP contribution in [0.15, 0.2) is 11.8 Å². The van der Waals surface area contributed by atoms with E-state index >= 15 is 0 Å². The van der Waals surface area contributed by atoms with Gasteiger partial charge in [0.25, 0.3) is 11.9 Å². The van der Waals surface area contributed by atoms with Crippen LogP contribution in [-0.4, -0.2) is 50.1 Å². The summed E-state index contributed by atoms with van der Waals surface area (Å²) in [5.74, 6) is -0.863. The van der Waals surface area contributed by atoms with Gasteiger partial charge in [0, 0.05) is 24.0 Å². The number of carboxylic acids is 1. The fourth-order valence-electron chi connectivity index (χ4n) is 2.89. The highest BCUT2D eigenvalue weighted by molar-refractivity contribution is 8.01. The maximum Gasteiger partial charge on any atom is 0.352 e. The molecule has 2 N–H and O–H groups in total. The molecule has 0 bridgehead atoms. The predicted molar refractivity (Wildman–Crippen MR) is 76.7 cm³/mol. The maximum atomic E-state index is 12.2. The number of hydrogen-bond acceptors (Lipinski definition) is 3. The lowest BCUT2D eigenvalue weighted by Crippen LogP contribution is -3.00. The SMILES string of the molecule is O=C(O)C1=CC(CCl)S[C@@H]2[C@H]([NH+]=C3CCCC3)C(=O)N12.[Br-]. The number of carbonyl (C=O) groups excluding carboxylic acids is 1. The molecular weight excluding hydrogens is 380 g/mol. The molecule has 3 aliphatic rings. The Hall–Kier alpha value is -0.530. The lowest BCUT2D eigenvalue weighted by molar-refractivity contribution is -0.504. The van der Waals surface area contributed by atoms with Crippen LogP contribution in [-0.2, 0) is 9.59 Å². The van der Waals surface area contributed by atoms with Gasteiger partial charge in [0.05, 0.1) is 0 Å². The van der Waals surface area contributed by atoms with E-state index in [-0.39, 0.29) is 45.3 Å². The monoisotopic (exact) mass is 394 g/mol. The van der Waals surface area contributed by atoms with Crippen molar-refractivity contribution in [1.29, 1.82) is 0 Å². The van der Waals surface area contributed by atoms with Gasteiger partial charge in [0.15, 0.2) is 11.1 Å². The van der Waals surface area contributed by atoms with E-state index in [2.05, 4.69) is 4.99 Å². The Bertz CT molecular complexity index is 518. The number of halogens is 2. The summed E-state index contributed by atoms with van der Waals surface area (Å²) in [4.78, 5) is 28.1. The van der Waals surface area contributed by atoms with Gasteiger partial charge < -0.3 is 22.1 Å². The number of nitrogens with one attached hydrogen (secondary N) is 1. The van der Waals surface area contributed by atoms with Crippen LogP contribution < -0.4 is 22.0 Å². The van der Waals surface area contributed by atoms with Crippen molar-refractivity contribution in [3.05, 3.63) is 11.8 Å². The van der Waals surface area contributed by atoms with Crippen molar-refractivity contribution in [2.45, 2.75) is 42.3 Å². The number of rotatable bonds is 3. The molecule has 2 heterocycles. The zero-order chi connectivity index (χ0) is 14.3. The number of β-lactam (4-membered cyclic amide) rings is 1. The molecule has 0 aromatic heterocycles. The number of carboxylic acid groups (broad SMARTS) is 1. The summed E-state index contributed by atoms with van der Waals surface area (Å²) in [6.45, 7) is 0. The molecule has 1 saturated carbocycles. The molecule has 2 fully saturated rings. The van der Waals surface area contributed by atoms with E-state index in [0.29, 0.717) is 5.88 Å². The summed E-state index contributed by atoms with van der Waals surface area (Å²) >= 11 is 7.41. The number of nitrogens with zero attached hydrogens (tertiary/aromatic N) is 1. The molecule has 3 rings (SSSR count). The third-order valence-electron chi connectivity index (χ3n) is 3.90. The van der Waals surface area contributed by atoms with E-state index in [1.807, 2.05) is 0 Å². The number of alkyl halides is 1. The van der Waals surface area contributed by atoms with Crippen LogP contribution in [0.1, 0.15) is 25.7 Å². The molecule has 21 heavy (non-hydrogen) atoms. The number of carbonyl (C=O) groups is 2. The average Bonchev–Trinajstić information content (AvgIpc) is 2.96. The summed E-state index contributed by atoms with van der Waals surface area (Å²) in [6, 6.07) is -0.304. The van der Waals surface area contributed by atoms with Gasteiger partial charge in [0.1, 0.15) is 5.70 Å². The Labute approximate surface area is 142 Å². The van der Waals surface area contributed by atoms with Gasteiger partial charge in [-0.15, -0.1) is 23.4 Å². The second kappa shape index (κ2) is 6.71. The first-order valence-corrected chi connectivity index (χ1v) is 8.20. The van der Waals surface area contributed by atoms with Crippen LogP contribution in [0, 0.1) is 0 Å². The normalized spacial score (nSPS) is 31.0. The fraction of sp³-hybridized carbons (Fsp3) is 0.615. The predicted octanol–water partition coefficient (Wildman–Crippen LogP) is -3.05. The maximum absolute atomic E-state index is 12.2. The summed E-state index contributed by atoms with van der Waals surface area (Å²) in [5, 5.41) is 9.00. The summed E-state index contributed by atoms with van der Waals surface area (Å²) in [6.07, 6.45) is 5.93. The van der Waals surface area contributed by atoms with Crippen molar-refractivity contribution < 1.29 is 36.7 Å². The third-order valence-corrected chi connectivity index (χ3v) is 5.83. The van der Waals surface area contributed by atoms with E-state index < -0.39 is 5.97 Å². The second-order valence-electron chi connectivity index (χ2n) is 5.22. The Morgan fingerprint density at radius 2 is 2.14 bits per heavy atom. The summed E-state index contributed by atoms with van der Waals surface area (Å²) in [5.41, 5.74) is 1.29. The highest BCUT2D eigenvalue weighted by Gasteiger charge is 2.57. The molecule has 1 saturated heterocycles. The first kappa shape index (κ1) is 16.8. The van der Waals surface area contributed by atoms with Crippen molar-refractivity contribution >= 4 is 41.0 Å². The van der Waals surface area contributed by atoms with Crippen molar-refractivity contribution in [2.75, 3.05) is 5.88 Å². The first-order valence-electron chi connectivity index (χ1n) is 6.72. The molecule has 1 unspecified atom stereocenters. The Morgan fingerprint density at radius 3 is 2.71 bits per heavy atom. The van der Waals surface area contributed by atoms with Gasteiger partial charge >= 0.3 is 5.97 Å². The smallest absolute Gasteiger partial charge is 0.352 e. The van der Waals surface area contributed by atoms with Gasteiger partial charge in [-0.25, -0.2) is 9.79 Å². The van der Waals surface area contributed by atoms with Crippen LogP contribution in [0.5, 0.6) is 0 Å². The molecule has 1 aliphatic carbocycles. The molecule has 3 atom stereocenters. The van der Waals surface area contributed by atoms with Crippen molar-refractivity contribution in [2.24, 2.45) is 0 Å². The fourth-order valence-corrected chi connectivity index (χ4v) is 4.51. The third kappa shape index (κ3) is 3.00. The van der Waals surface area contributed by atoms with Crippen molar-refractivity contribution in [1.82, 2.24) is 4.90 Å². The van der Waals surface area contributed by atoms with E-state index in [1.54, 1.807) is 17.8 Å². The molecular formula is C13H16BrClN2O3S. The minimum atomic E-state index is -1.06. The standard InChI is InChI=1S/C13H15ClN2O3S.BrH/c14-6-8-5-9(13(18)19)16-11(17)10(12(16)20-8)15-7-3-1-2-4-7;/h5,8,10,12H,1-4,6H2,(H,18,19);1H/t8?,10-,12-;/m1./s1. The molecule has 2 aliphatic heterocycles. The largest absolute Gasteiger partial charge is 1.00 e. The van der Waals surface area contributed by atoms with Gasteiger partial charge in [-0.2, -0.15) is 0 Å². The second-order valence-corrected chi connectivity index (χ2v) is 6.89. The average molecular weight is 396 g/mol. The van der Waals surface area contributed by atoms with E-state index in [0.717, 1.165) is 25.7 Å². The van der Waals surface area contributed by atoms with Crippen LogP contribution in [0.3, 0.4) is 0 Å². The Balaban J connectivity index is 0.00000161. The molecule has 5 nitrogen and oxygen atoms in total. The zero-order valence-electron chi connectivity index (χ0n) is 11.2. The van der Waals surface area contributed by atoms with Crippen LogP contribution in [0.4, 0.5) is 0 Å². The quantitative estimate of drug-likeness (QED) is 0.393. The zero-order valence-corrected chi connectivity index (χ0v) is 14.4. The molecule has 1 amide bonds. The highest BCUT2D eigenvalue weighted by Crippen LogP contribution is 2.39. The van der Waals surface area contributed by atoms with Crippen molar-refractivity contribution in [3.63, 3.8) is 0 Å². The number of hydrogen-bond donors (Lipinski definition) is 2. The van der Waals surface area contributed by atoms with E-state index in [1.165, 1.54) is 10.6 Å². The summed E-state index contributed by atoms with van der Waals surface area (Å²) in [7, 11) is 0. The highest BCUT2D eigenvalue weighted by atomic mass is 79.9. The van der Waals surface area contributed by atoms with E-state index in [9.17, 15) is 14.7 Å². The lowest BCUT2D eigenvalue weighted by atomic mass is 10.0. The van der Waals surface area contributed by atoms with Gasteiger partial charge in [-0.05, 0) is 18.9 Å².